The van der Waals surface area contributed by atoms with Crippen molar-refractivity contribution in [1.82, 2.24) is 4.72 Å². The second-order valence-corrected chi connectivity index (χ2v) is 9.29. The van der Waals surface area contributed by atoms with Gasteiger partial charge in [0.2, 0.25) is 15.9 Å². The zero-order valence-corrected chi connectivity index (χ0v) is 16.4. The topological polar surface area (TPSA) is 66.5 Å². The molecule has 1 amide bonds. The summed E-state index contributed by atoms with van der Waals surface area (Å²) in [5.74, 6) is 0.322. The fourth-order valence-electron chi connectivity index (χ4n) is 3.75. The Bertz CT molecular complexity index is 968. The first-order chi connectivity index (χ1) is 12.9. The van der Waals surface area contributed by atoms with Gasteiger partial charge in [0, 0.05) is 23.7 Å². The molecule has 4 rings (SSSR count). The van der Waals surface area contributed by atoms with E-state index < -0.39 is 10.0 Å². The highest BCUT2D eigenvalue weighted by molar-refractivity contribution is 7.89. The van der Waals surface area contributed by atoms with Gasteiger partial charge < -0.3 is 4.90 Å². The number of fused-ring (bicyclic) bond motifs is 1. The number of sulfonamides is 1. The molecule has 1 aliphatic heterocycles. The van der Waals surface area contributed by atoms with Gasteiger partial charge in [0.05, 0.1) is 4.90 Å². The van der Waals surface area contributed by atoms with E-state index in [1.807, 2.05) is 49.1 Å². The van der Waals surface area contributed by atoms with Gasteiger partial charge in [-0.2, -0.15) is 0 Å². The van der Waals surface area contributed by atoms with Gasteiger partial charge in [0.25, 0.3) is 0 Å². The molecule has 2 atom stereocenters. The van der Waals surface area contributed by atoms with E-state index in [0.717, 1.165) is 29.7 Å². The number of hydrogen-bond acceptors (Lipinski definition) is 3. The molecule has 2 aromatic rings. The summed E-state index contributed by atoms with van der Waals surface area (Å²) in [7, 11) is -3.64. The Labute approximate surface area is 160 Å². The van der Waals surface area contributed by atoms with E-state index in [1.54, 1.807) is 18.2 Å². The lowest BCUT2D eigenvalue weighted by Crippen LogP contribution is -2.36. The van der Waals surface area contributed by atoms with Crippen molar-refractivity contribution >= 4 is 21.6 Å². The van der Waals surface area contributed by atoms with Crippen molar-refractivity contribution in [3.8, 4) is 0 Å². The van der Waals surface area contributed by atoms with Gasteiger partial charge in [-0.05, 0) is 62.4 Å². The van der Waals surface area contributed by atoms with Crippen LogP contribution in [-0.2, 0) is 21.2 Å². The van der Waals surface area contributed by atoms with Crippen molar-refractivity contribution in [3.63, 3.8) is 0 Å². The SMILES string of the molecule is C[C@@H]1Cc2cc(S(=O)(=O)N[C@H](C)c3ccccc3)ccc2N1C(=O)C1CC1. The summed E-state index contributed by atoms with van der Waals surface area (Å²) in [6.07, 6.45) is 2.61. The predicted molar refractivity (Wildman–Crippen MR) is 105 cm³/mol. The molecule has 1 fully saturated rings. The van der Waals surface area contributed by atoms with Gasteiger partial charge in [-0.3, -0.25) is 4.79 Å². The fourth-order valence-corrected chi connectivity index (χ4v) is 5.03. The largest absolute Gasteiger partial charge is 0.309 e. The first kappa shape index (κ1) is 18.2. The van der Waals surface area contributed by atoms with Crippen LogP contribution in [0.5, 0.6) is 0 Å². The highest BCUT2D eigenvalue weighted by Gasteiger charge is 2.39. The number of benzene rings is 2. The lowest BCUT2D eigenvalue weighted by molar-refractivity contribution is -0.120. The molecule has 0 unspecified atom stereocenters. The van der Waals surface area contributed by atoms with Crippen LogP contribution in [0.3, 0.4) is 0 Å². The molecule has 0 radical (unpaired) electrons. The first-order valence-electron chi connectivity index (χ1n) is 9.40. The molecule has 1 aliphatic carbocycles. The summed E-state index contributed by atoms with van der Waals surface area (Å²) < 4.78 is 28.4. The summed E-state index contributed by atoms with van der Waals surface area (Å²) in [6, 6.07) is 14.3. The Morgan fingerprint density at radius 2 is 1.85 bits per heavy atom. The van der Waals surface area contributed by atoms with Gasteiger partial charge in [-0.15, -0.1) is 0 Å². The maximum absolute atomic E-state index is 12.8. The zero-order valence-electron chi connectivity index (χ0n) is 15.6. The average Bonchev–Trinajstić information content (AvgIpc) is 3.43. The summed E-state index contributed by atoms with van der Waals surface area (Å²) >= 11 is 0. The van der Waals surface area contributed by atoms with E-state index in [0.29, 0.717) is 6.42 Å². The number of rotatable bonds is 5. The number of carbonyl (C=O) groups is 1. The Kier molecular flexibility index (Phi) is 4.56. The van der Waals surface area contributed by atoms with E-state index in [1.165, 1.54) is 0 Å². The van der Waals surface area contributed by atoms with Crippen molar-refractivity contribution in [1.29, 1.82) is 0 Å². The highest BCUT2D eigenvalue weighted by Crippen LogP contribution is 2.39. The van der Waals surface area contributed by atoms with Crippen molar-refractivity contribution in [2.45, 2.75) is 50.1 Å². The van der Waals surface area contributed by atoms with Crippen molar-refractivity contribution in [2.75, 3.05) is 4.90 Å². The van der Waals surface area contributed by atoms with E-state index in [2.05, 4.69) is 4.72 Å². The monoisotopic (exact) mass is 384 g/mol. The summed E-state index contributed by atoms with van der Waals surface area (Å²) in [6.45, 7) is 3.85. The first-order valence-corrected chi connectivity index (χ1v) is 10.9. The van der Waals surface area contributed by atoms with Crippen LogP contribution in [0.25, 0.3) is 0 Å². The van der Waals surface area contributed by atoms with E-state index in [4.69, 9.17) is 0 Å². The normalized spacial score (nSPS) is 20.4. The third-order valence-electron chi connectivity index (χ3n) is 5.37. The Morgan fingerprint density at radius 1 is 1.15 bits per heavy atom. The van der Waals surface area contributed by atoms with Crippen LogP contribution < -0.4 is 9.62 Å². The van der Waals surface area contributed by atoms with Crippen LogP contribution in [0.1, 0.15) is 43.9 Å². The maximum atomic E-state index is 12.8. The molecule has 0 spiro atoms. The molecule has 1 heterocycles. The standard InChI is InChI=1S/C21H24N2O3S/c1-14-12-18-13-19(10-11-20(18)23(14)21(24)17-8-9-17)27(25,26)22-15(2)16-6-4-3-5-7-16/h3-7,10-11,13-15,17,22H,8-9,12H2,1-2H3/t14-,15-/m1/s1. The molecule has 0 saturated heterocycles. The Balaban J connectivity index is 1.58. The molecule has 142 valence electrons. The Morgan fingerprint density at radius 3 is 2.52 bits per heavy atom. The number of carbonyl (C=O) groups excluding carboxylic acids is 1. The molecule has 5 nitrogen and oxygen atoms in total. The molecule has 1 saturated carbocycles. The third kappa shape index (κ3) is 3.51. The molecular formula is C21H24N2O3S. The minimum absolute atomic E-state index is 0.0715. The van der Waals surface area contributed by atoms with Gasteiger partial charge in [-0.1, -0.05) is 30.3 Å². The lowest BCUT2D eigenvalue weighted by atomic mass is 10.1. The van der Waals surface area contributed by atoms with Crippen LogP contribution in [0, 0.1) is 5.92 Å². The minimum Gasteiger partial charge on any atom is -0.309 e. The van der Waals surface area contributed by atoms with Crippen molar-refractivity contribution in [2.24, 2.45) is 5.92 Å². The molecule has 0 aromatic heterocycles. The second kappa shape index (κ2) is 6.77. The van der Waals surface area contributed by atoms with Crippen LogP contribution in [0.15, 0.2) is 53.4 Å². The predicted octanol–water partition coefficient (Wildman–Crippen LogP) is 3.41. The van der Waals surface area contributed by atoms with Gasteiger partial charge in [-0.25, -0.2) is 13.1 Å². The molecule has 1 N–H and O–H groups in total. The fraction of sp³-hybridized carbons (Fsp3) is 0.381. The summed E-state index contributed by atoms with van der Waals surface area (Å²) in [4.78, 5) is 14.7. The van der Waals surface area contributed by atoms with Gasteiger partial charge in [0.1, 0.15) is 0 Å². The number of anilines is 1. The van der Waals surface area contributed by atoms with Gasteiger partial charge >= 0.3 is 0 Å². The van der Waals surface area contributed by atoms with Gasteiger partial charge in [0.15, 0.2) is 0 Å². The van der Waals surface area contributed by atoms with E-state index in [9.17, 15) is 13.2 Å². The van der Waals surface area contributed by atoms with Crippen LogP contribution >= 0.6 is 0 Å². The quantitative estimate of drug-likeness (QED) is 0.859. The number of amides is 1. The molecule has 2 aliphatic rings. The van der Waals surface area contributed by atoms with E-state index in [-0.39, 0.29) is 28.8 Å². The van der Waals surface area contributed by atoms with Crippen LogP contribution in [-0.4, -0.2) is 20.4 Å². The lowest BCUT2D eigenvalue weighted by Gasteiger charge is -2.22. The maximum Gasteiger partial charge on any atom is 0.241 e. The molecule has 0 bridgehead atoms. The summed E-state index contributed by atoms with van der Waals surface area (Å²) in [5, 5.41) is 0. The third-order valence-corrected chi connectivity index (χ3v) is 6.91. The molecule has 2 aromatic carbocycles. The van der Waals surface area contributed by atoms with Crippen LogP contribution in [0.4, 0.5) is 5.69 Å². The number of hydrogen-bond donors (Lipinski definition) is 1. The van der Waals surface area contributed by atoms with Crippen molar-refractivity contribution < 1.29 is 13.2 Å². The average molecular weight is 385 g/mol. The molecule has 6 heteroatoms. The molecular weight excluding hydrogens is 360 g/mol. The van der Waals surface area contributed by atoms with Crippen molar-refractivity contribution in [3.05, 3.63) is 59.7 Å². The Hall–Kier alpha value is -2.18. The number of nitrogens with one attached hydrogen (secondary N) is 1. The van der Waals surface area contributed by atoms with Crippen LogP contribution in [0.2, 0.25) is 0 Å². The number of nitrogens with zero attached hydrogens (tertiary/aromatic N) is 1. The second-order valence-electron chi connectivity index (χ2n) is 7.58. The zero-order chi connectivity index (χ0) is 19.2. The summed E-state index contributed by atoms with van der Waals surface area (Å²) in [5.41, 5.74) is 2.69. The smallest absolute Gasteiger partial charge is 0.241 e. The minimum atomic E-state index is -3.64. The molecule has 27 heavy (non-hydrogen) atoms. The highest BCUT2D eigenvalue weighted by atomic mass is 32.2. The van der Waals surface area contributed by atoms with E-state index >= 15 is 0 Å².